The summed E-state index contributed by atoms with van der Waals surface area (Å²) < 4.78 is 22.1. The third-order valence-electron chi connectivity index (χ3n) is 4.05. The molecule has 7 nitrogen and oxygen atoms in total. The molecule has 0 aliphatic heterocycles. The van der Waals surface area contributed by atoms with Crippen LogP contribution < -0.4 is 14.8 Å². The molecule has 170 valence electrons. The van der Waals surface area contributed by atoms with E-state index >= 15 is 0 Å². The number of halogens is 1. The molecule has 0 aromatic heterocycles. The van der Waals surface area contributed by atoms with Gasteiger partial charge in [0.1, 0.15) is 35.3 Å². The van der Waals surface area contributed by atoms with Crippen molar-refractivity contribution < 1.29 is 28.5 Å². The van der Waals surface area contributed by atoms with Crippen LogP contribution in [0.2, 0.25) is 5.02 Å². The minimum atomic E-state index is -0.876. The topological polar surface area (TPSA) is 83.1 Å². The number of amides is 1. The molecular weight excluding hydrogens is 410 g/mol. The van der Waals surface area contributed by atoms with Crippen LogP contribution in [0.1, 0.15) is 55.4 Å². The summed E-state index contributed by atoms with van der Waals surface area (Å²) in [7, 11) is 1.52. The van der Waals surface area contributed by atoms with E-state index in [1.807, 2.05) is 20.8 Å². The fourth-order valence-electron chi connectivity index (χ4n) is 2.73. The van der Waals surface area contributed by atoms with Gasteiger partial charge in [-0.05, 0) is 46.8 Å². The molecular formula is C22H34ClNO6. The zero-order valence-corrected chi connectivity index (χ0v) is 20.0. The minimum absolute atomic E-state index is 0.353. The molecule has 0 saturated carbocycles. The van der Waals surface area contributed by atoms with Crippen LogP contribution in [0.15, 0.2) is 18.2 Å². The van der Waals surface area contributed by atoms with Crippen LogP contribution in [-0.4, -0.2) is 43.0 Å². The summed E-state index contributed by atoms with van der Waals surface area (Å²) in [6.07, 6.45) is -1.75. The fourth-order valence-corrected chi connectivity index (χ4v) is 2.92. The van der Waals surface area contributed by atoms with Crippen molar-refractivity contribution in [3.63, 3.8) is 0 Å². The first-order chi connectivity index (χ1) is 13.6. The lowest BCUT2D eigenvalue weighted by Crippen LogP contribution is -2.47. The number of nitrogens with one attached hydrogen (secondary N) is 1. The SMILES string of the molecule is COc1cc(O[C@@H]([C@H](C)OC(=O)[C@H](C)NC(=O)OC(C)(C)C)C(C)(C)C)ccc1Cl. The van der Waals surface area contributed by atoms with Crippen LogP contribution in [-0.2, 0) is 14.3 Å². The average molecular weight is 444 g/mol. The van der Waals surface area contributed by atoms with Gasteiger partial charge < -0.3 is 24.3 Å². The second-order valence-electron chi connectivity index (χ2n) is 9.21. The van der Waals surface area contributed by atoms with Gasteiger partial charge in [0.15, 0.2) is 0 Å². The van der Waals surface area contributed by atoms with Crippen molar-refractivity contribution in [3.05, 3.63) is 23.2 Å². The molecule has 0 aliphatic carbocycles. The van der Waals surface area contributed by atoms with Crippen molar-refractivity contribution in [1.82, 2.24) is 5.32 Å². The van der Waals surface area contributed by atoms with Crippen molar-refractivity contribution in [1.29, 1.82) is 0 Å². The molecule has 1 aromatic carbocycles. The number of benzene rings is 1. The number of carbonyl (C=O) groups excluding carboxylic acids is 2. The monoisotopic (exact) mass is 443 g/mol. The maximum absolute atomic E-state index is 12.5. The molecule has 8 heteroatoms. The quantitative estimate of drug-likeness (QED) is 0.598. The highest BCUT2D eigenvalue weighted by Crippen LogP contribution is 2.33. The number of alkyl carbamates (subject to hydrolysis) is 1. The molecule has 1 rings (SSSR count). The van der Waals surface area contributed by atoms with Crippen molar-refractivity contribution in [2.45, 2.75) is 79.2 Å². The van der Waals surface area contributed by atoms with Gasteiger partial charge in [0, 0.05) is 11.5 Å². The van der Waals surface area contributed by atoms with E-state index < -0.39 is 35.9 Å². The zero-order valence-electron chi connectivity index (χ0n) is 19.3. The number of ether oxygens (including phenoxy) is 4. The highest BCUT2D eigenvalue weighted by atomic mass is 35.5. The van der Waals surface area contributed by atoms with Crippen LogP contribution in [0, 0.1) is 5.41 Å². The molecule has 0 fully saturated rings. The predicted octanol–water partition coefficient (Wildman–Crippen LogP) is 4.99. The largest absolute Gasteiger partial charge is 0.495 e. The lowest BCUT2D eigenvalue weighted by atomic mass is 9.86. The average Bonchev–Trinajstić information content (AvgIpc) is 2.57. The smallest absolute Gasteiger partial charge is 0.408 e. The Bertz CT molecular complexity index is 738. The Balaban J connectivity index is 2.85. The molecule has 0 unspecified atom stereocenters. The van der Waals surface area contributed by atoms with E-state index in [1.54, 1.807) is 45.9 Å². The molecule has 0 aliphatic rings. The van der Waals surface area contributed by atoms with Crippen molar-refractivity contribution in [2.24, 2.45) is 5.41 Å². The summed E-state index contributed by atoms with van der Waals surface area (Å²) in [5.41, 5.74) is -1.01. The summed E-state index contributed by atoms with van der Waals surface area (Å²) in [4.78, 5) is 24.4. The van der Waals surface area contributed by atoms with Gasteiger partial charge in [0.2, 0.25) is 0 Å². The molecule has 1 aromatic rings. The fraction of sp³-hybridized carbons (Fsp3) is 0.636. The van der Waals surface area contributed by atoms with E-state index in [1.165, 1.54) is 14.0 Å². The number of hydrogen-bond donors (Lipinski definition) is 1. The minimum Gasteiger partial charge on any atom is -0.495 e. The Labute approximate surface area is 184 Å². The van der Waals surface area contributed by atoms with Crippen LogP contribution in [0.3, 0.4) is 0 Å². The van der Waals surface area contributed by atoms with Gasteiger partial charge in [0.05, 0.1) is 12.1 Å². The standard InChI is InChI=1S/C22H34ClNO6/c1-13(24-20(26)30-22(6,7)8)19(25)28-14(2)18(21(3,4)5)29-15-10-11-16(23)17(12-15)27-9/h10-14,18H,1-9H3,(H,24,26)/t13-,14-,18-/m0/s1. The summed E-state index contributed by atoms with van der Waals surface area (Å²) in [5, 5.41) is 2.95. The molecule has 0 spiro atoms. The van der Waals surface area contributed by atoms with Gasteiger partial charge >= 0.3 is 12.1 Å². The van der Waals surface area contributed by atoms with Crippen molar-refractivity contribution >= 4 is 23.7 Å². The Kier molecular flexibility index (Phi) is 8.84. The van der Waals surface area contributed by atoms with E-state index in [0.29, 0.717) is 16.5 Å². The molecule has 0 radical (unpaired) electrons. The molecule has 0 bridgehead atoms. The van der Waals surface area contributed by atoms with Gasteiger partial charge in [-0.2, -0.15) is 0 Å². The molecule has 30 heavy (non-hydrogen) atoms. The first kappa shape index (κ1) is 25.9. The van der Waals surface area contributed by atoms with Gasteiger partial charge in [-0.15, -0.1) is 0 Å². The molecule has 0 saturated heterocycles. The highest BCUT2D eigenvalue weighted by Gasteiger charge is 2.35. The van der Waals surface area contributed by atoms with Gasteiger partial charge in [0.25, 0.3) is 0 Å². The van der Waals surface area contributed by atoms with E-state index in [4.69, 9.17) is 30.5 Å². The number of hydrogen-bond acceptors (Lipinski definition) is 6. The van der Waals surface area contributed by atoms with E-state index in [-0.39, 0.29) is 5.41 Å². The normalized spacial score (nSPS) is 14.9. The Morgan fingerprint density at radius 1 is 1.07 bits per heavy atom. The van der Waals surface area contributed by atoms with Gasteiger partial charge in [-0.3, -0.25) is 0 Å². The second-order valence-corrected chi connectivity index (χ2v) is 9.62. The predicted molar refractivity (Wildman–Crippen MR) is 116 cm³/mol. The van der Waals surface area contributed by atoms with E-state index in [2.05, 4.69) is 5.32 Å². The van der Waals surface area contributed by atoms with Crippen LogP contribution >= 0.6 is 11.6 Å². The lowest BCUT2D eigenvalue weighted by molar-refractivity contribution is -0.158. The summed E-state index contributed by atoms with van der Waals surface area (Å²) in [5.74, 6) is 0.445. The zero-order chi connectivity index (χ0) is 23.3. The summed E-state index contributed by atoms with van der Waals surface area (Å²) in [6, 6.07) is 4.21. The lowest BCUT2D eigenvalue weighted by Gasteiger charge is -2.35. The Hall–Kier alpha value is -2.15. The molecule has 1 N–H and O–H groups in total. The van der Waals surface area contributed by atoms with Gasteiger partial charge in [-0.1, -0.05) is 32.4 Å². The summed E-state index contributed by atoms with van der Waals surface area (Å²) >= 11 is 6.08. The number of methoxy groups -OCH3 is 1. The van der Waals surface area contributed by atoms with Crippen LogP contribution in [0.25, 0.3) is 0 Å². The first-order valence-corrected chi connectivity index (χ1v) is 10.2. The highest BCUT2D eigenvalue weighted by molar-refractivity contribution is 6.32. The Morgan fingerprint density at radius 2 is 1.67 bits per heavy atom. The van der Waals surface area contributed by atoms with E-state index in [0.717, 1.165) is 0 Å². The van der Waals surface area contributed by atoms with Crippen molar-refractivity contribution in [3.8, 4) is 11.5 Å². The maximum atomic E-state index is 12.5. The van der Waals surface area contributed by atoms with Gasteiger partial charge in [-0.25, -0.2) is 9.59 Å². The number of rotatable bonds is 7. The third-order valence-corrected chi connectivity index (χ3v) is 4.37. The van der Waals surface area contributed by atoms with E-state index in [9.17, 15) is 9.59 Å². The molecule has 1 amide bonds. The second kappa shape index (κ2) is 10.2. The van der Waals surface area contributed by atoms with Crippen molar-refractivity contribution in [2.75, 3.05) is 7.11 Å². The van der Waals surface area contributed by atoms with Crippen LogP contribution in [0.4, 0.5) is 4.79 Å². The molecule has 3 atom stereocenters. The number of carbonyl (C=O) groups is 2. The number of esters is 1. The summed E-state index contributed by atoms with van der Waals surface area (Å²) in [6.45, 7) is 14.5. The molecule has 0 heterocycles. The first-order valence-electron chi connectivity index (χ1n) is 9.84. The Morgan fingerprint density at radius 3 is 2.17 bits per heavy atom. The third kappa shape index (κ3) is 8.30. The maximum Gasteiger partial charge on any atom is 0.408 e. The van der Waals surface area contributed by atoms with Crippen LogP contribution in [0.5, 0.6) is 11.5 Å².